The lowest BCUT2D eigenvalue weighted by Gasteiger charge is -2.45. The van der Waals surface area contributed by atoms with E-state index in [0.717, 1.165) is 17.7 Å². The fourth-order valence-electron chi connectivity index (χ4n) is 3.70. The highest BCUT2D eigenvalue weighted by Crippen LogP contribution is 2.57. The highest BCUT2D eigenvalue weighted by Gasteiger charge is 2.53. The van der Waals surface area contributed by atoms with Gasteiger partial charge in [0.25, 0.3) is 0 Å². The van der Waals surface area contributed by atoms with Gasteiger partial charge in [0, 0.05) is 29.1 Å². The maximum Gasteiger partial charge on any atom is 0.143 e. The summed E-state index contributed by atoms with van der Waals surface area (Å²) < 4.78 is 34.0. The fraction of sp³-hybridized carbons (Fsp3) is 0.316. The molecule has 142 valence electrons. The summed E-state index contributed by atoms with van der Waals surface area (Å²) in [6.07, 6.45) is 0.692. The molecule has 2 unspecified atom stereocenters. The summed E-state index contributed by atoms with van der Waals surface area (Å²) in [4.78, 5) is -0.647. The largest absolute Gasteiger partial charge is 0.493 e. The number of hydrogen-bond donors (Lipinski definition) is 1. The lowest BCUT2D eigenvalue weighted by molar-refractivity contribution is 0.0765. The Hall–Kier alpha value is -1.83. The molecular formula is C19H18ClF2N3OS. The van der Waals surface area contributed by atoms with E-state index in [2.05, 4.69) is 5.10 Å². The molecule has 2 atom stereocenters. The SMILES string of the molecule is CN1N=C(c2cc(F)ccc2F)SC12c1cc(Cl)ccc1OCC2CCN. The van der Waals surface area contributed by atoms with Crippen molar-refractivity contribution in [3.05, 3.63) is 64.2 Å². The van der Waals surface area contributed by atoms with Gasteiger partial charge in [-0.2, -0.15) is 5.10 Å². The third kappa shape index (κ3) is 2.98. The molecule has 0 saturated heterocycles. The van der Waals surface area contributed by atoms with Gasteiger partial charge in [0.05, 0.1) is 6.61 Å². The highest BCUT2D eigenvalue weighted by atomic mass is 35.5. The summed E-state index contributed by atoms with van der Waals surface area (Å²) in [5.74, 6) is -0.307. The van der Waals surface area contributed by atoms with Crippen molar-refractivity contribution in [2.45, 2.75) is 11.3 Å². The predicted octanol–water partition coefficient (Wildman–Crippen LogP) is 4.17. The summed E-state index contributed by atoms with van der Waals surface area (Å²) in [6.45, 7) is 0.932. The van der Waals surface area contributed by atoms with Crippen LogP contribution in [-0.4, -0.2) is 30.3 Å². The zero-order valence-corrected chi connectivity index (χ0v) is 16.2. The van der Waals surface area contributed by atoms with E-state index in [1.165, 1.54) is 17.8 Å². The molecule has 0 radical (unpaired) electrons. The Morgan fingerprint density at radius 3 is 2.93 bits per heavy atom. The van der Waals surface area contributed by atoms with Crippen LogP contribution in [0.3, 0.4) is 0 Å². The lowest BCUT2D eigenvalue weighted by atomic mass is 9.87. The van der Waals surface area contributed by atoms with Gasteiger partial charge >= 0.3 is 0 Å². The zero-order chi connectivity index (χ0) is 19.2. The van der Waals surface area contributed by atoms with Gasteiger partial charge in [-0.05, 0) is 49.4 Å². The van der Waals surface area contributed by atoms with Gasteiger partial charge in [0.1, 0.15) is 27.3 Å². The minimum absolute atomic E-state index is 0.00124. The smallest absolute Gasteiger partial charge is 0.143 e. The number of halogens is 3. The van der Waals surface area contributed by atoms with Gasteiger partial charge in [-0.3, -0.25) is 5.01 Å². The van der Waals surface area contributed by atoms with Crippen LogP contribution in [-0.2, 0) is 4.87 Å². The van der Waals surface area contributed by atoms with E-state index >= 15 is 0 Å². The van der Waals surface area contributed by atoms with Crippen LogP contribution in [0.15, 0.2) is 41.5 Å². The standard InChI is InChI=1S/C19H18ClF2N3OS/c1-25-19(27-18(24-25)14-9-13(21)3-4-16(14)22)11(6-7-23)10-26-17-5-2-12(20)8-15(17)19/h2-5,8-9,11H,6-7,10,23H2,1H3. The number of benzene rings is 2. The number of rotatable bonds is 3. The average molecular weight is 410 g/mol. The van der Waals surface area contributed by atoms with E-state index in [0.29, 0.717) is 35.4 Å². The van der Waals surface area contributed by atoms with E-state index in [4.69, 9.17) is 22.1 Å². The van der Waals surface area contributed by atoms with Crippen LogP contribution >= 0.6 is 23.4 Å². The number of hydrazone groups is 1. The first kappa shape index (κ1) is 18.5. The van der Waals surface area contributed by atoms with Gasteiger partial charge in [-0.1, -0.05) is 23.4 Å². The quantitative estimate of drug-likeness (QED) is 0.826. The third-order valence-corrected chi connectivity index (χ3v) is 6.83. The van der Waals surface area contributed by atoms with Crippen molar-refractivity contribution in [1.82, 2.24) is 5.01 Å². The zero-order valence-electron chi connectivity index (χ0n) is 14.6. The first-order chi connectivity index (χ1) is 13.0. The van der Waals surface area contributed by atoms with Crippen LogP contribution in [0.4, 0.5) is 8.78 Å². The topological polar surface area (TPSA) is 50.8 Å². The molecule has 0 aliphatic carbocycles. The third-order valence-electron chi connectivity index (χ3n) is 4.97. The molecule has 2 heterocycles. The van der Waals surface area contributed by atoms with Crippen molar-refractivity contribution < 1.29 is 13.5 Å². The molecule has 4 rings (SSSR count). The summed E-state index contributed by atoms with van der Waals surface area (Å²) in [5.41, 5.74) is 6.85. The minimum atomic E-state index is -0.647. The Morgan fingerprint density at radius 2 is 2.15 bits per heavy atom. The first-order valence-corrected chi connectivity index (χ1v) is 9.75. The number of thioether (sulfide) groups is 1. The van der Waals surface area contributed by atoms with E-state index < -0.39 is 16.5 Å². The molecule has 2 aromatic rings. The molecule has 2 aliphatic rings. The van der Waals surface area contributed by atoms with Crippen LogP contribution in [0, 0.1) is 17.6 Å². The van der Waals surface area contributed by atoms with Crippen LogP contribution in [0.25, 0.3) is 0 Å². The Morgan fingerprint density at radius 1 is 1.33 bits per heavy atom. The molecule has 0 fully saturated rings. The Bertz CT molecular complexity index is 926. The Balaban J connectivity index is 1.83. The average Bonchev–Trinajstić information content (AvgIpc) is 2.98. The number of hydrogen-bond acceptors (Lipinski definition) is 5. The molecule has 4 nitrogen and oxygen atoms in total. The maximum atomic E-state index is 14.4. The van der Waals surface area contributed by atoms with E-state index in [9.17, 15) is 8.78 Å². The molecule has 2 aliphatic heterocycles. The van der Waals surface area contributed by atoms with Crippen LogP contribution in [0.2, 0.25) is 5.02 Å². The second-order valence-corrected chi connectivity index (χ2v) is 8.23. The predicted molar refractivity (Wildman–Crippen MR) is 104 cm³/mol. The van der Waals surface area contributed by atoms with Crippen molar-refractivity contribution >= 4 is 28.4 Å². The summed E-state index contributed by atoms with van der Waals surface area (Å²) in [5, 5.41) is 7.36. The highest BCUT2D eigenvalue weighted by molar-refractivity contribution is 8.15. The van der Waals surface area contributed by atoms with Crippen LogP contribution in [0.1, 0.15) is 17.5 Å². The van der Waals surface area contributed by atoms with Gasteiger partial charge in [-0.15, -0.1) is 0 Å². The van der Waals surface area contributed by atoms with Crippen LogP contribution < -0.4 is 10.5 Å². The van der Waals surface area contributed by atoms with Crippen molar-refractivity contribution in [3.8, 4) is 5.75 Å². The molecule has 0 amide bonds. The van der Waals surface area contributed by atoms with E-state index in [-0.39, 0.29) is 11.5 Å². The summed E-state index contributed by atoms with van der Waals surface area (Å²) >= 11 is 7.65. The van der Waals surface area contributed by atoms with Crippen molar-refractivity contribution in [2.24, 2.45) is 16.8 Å². The van der Waals surface area contributed by atoms with Gasteiger partial charge in [0.2, 0.25) is 0 Å². The normalized spacial score (nSPS) is 24.0. The molecule has 0 saturated carbocycles. The van der Waals surface area contributed by atoms with E-state index in [1.54, 1.807) is 11.1 Å². The van der Waals surface area contributed by atoms with Crippen molar-refractivity contribution in [1.29, 1.82) is 0 Å². The molecule has 0 aromatic heterocycles. The fourth-order valence-corrected chi connectivity index (χ4v) is 5.39. The molecule has 2 aromatic carbocycles. The summed E-state index contributed by atoms with van der Waals surface area (Å²) in [6, 6.07) is 8.83. The second-order valence-electron chi connectivity index (χ2n) is 6.58. The lowest BCUT2D eigenvalue weighted by Crippen LogP contribution is -2.48. The number of nitrogens with zero attached hydrogens (tertiary/aromatic N) is 2. The number of fused-ring (bicyclic) bond motifs is 2. The van der Waals surface area contributed by atoms with Crippen LogP contribution in [0.5, 0.6) is 5.75 Å². The van der Waals surface area contributed by atoms with Crippen molar-refractivity contribution in [3.63, 3.8) is 0 Å². The Labute approximate surface area is 165 Å². The molecule has 0 bridgehead atoms. The van der Waals surface area contributed by atoms with Gasteiger partial charge in [-0.25, -0.2) is 8.78 Å². The molecule has 8 heteroatoms. The number of nitrogens with two attached hydrogens (primary N) is 1. The Kier molecular flexibility index (Phi) is 4.78. The molecule has 2 N–H and O–H groups in total. The van der Waals surface area contributed by atoms with Crippen molar-refractivity contribution in [2.75, 3.05) is 20.2 Å². The van der Waals surface area contributed by atoms with Gasteiger partial charge < -0.3 is 10.5 Å². The monoisotopic (exact) mass is 409 g/mol. The second kappa shape index (κ2) is 6.96. The summed E-state index contributed by atoms with van der Waals surface area (Å²) in [7, 11) is 1.83. The maximum absolute atomic E-state index is 14.4. The van der Waals surface area contributed by atoms with E-state index in [1.807, 2.05) is 19.2 Å². The first-order valence-electron chi connectivity index (χ1n) is 8.55. The minimum Gasteiger partial charge on any atom is -0.493 e. The molecule has 27 heavy (non-hydrogen) atoms. The molecule has 1 spiro atoms. The van der Waals surface area contributed by atoms with Gasteiger partial charge in [0.15, 0.2) is 0 Å². The number of ether oxygens (including phenoxy) is 1. The molecular weight excluding hydrogens is 392 g/mol.